The van der Waals surface area contributed by atoms with Crippen LogP contribution in [0.5, 0.6) is 0 Å². The molecule has 8 heteroatoms. The predicted octanol–water partition coefficient (Wildman–Crippen LogP) is 1.67. The number of pyridine rings is 1. The monoisotopic (exact) mass is 278 g/mol. The van der Waals surface area contributed by atoms with E-state index < -0.39 is 10.9 Å². The highest BCUT2D eigenvalue weighted by atomic mass is 16.6. The minimum absolute atomic E-state index is 0.0737. The molecule has 1 heterocycles. The second-order valence-electron chi connectivity index (χ2n) is 4.20. The van der Waals surface area contributed by atoms with Crippen molar-refractivity contribution in [3.63, 3.8) is 0 Å². The first-order valence-corrected chi connectivity index (χ1v) is 5.93. The molecule has 0 aliphatic rings. The van der Waals surface area contributed by atoms with Gasteiger partial charge >= 0.3 is 11.7 Å². The van der Waals surface area contributed by atoms with Crippen LogP contribution in [-0.2, 0) is 0 Å². The Bertz CT molecular complexity index is 567. The zero-order valence-corrected chi connectivity index (χ0v) is 11.1. The average Bonchev–Trinajstić information content (AvgIpc) is 2.43. The number of carboxylic acids is 1. The molecule has 8 nitrogen and oxygen atoms in total. The van der Waals surface area contributed by atoms with Gasteiger partial charge in [0, 0.05) is 25.4 Å². The first-order valence-electron chi connectivity index (χ1n) is 5.93. The number of aromatic nitrogens is 1. The van der Waals surface area contributed by atoms with Crippen molar-refractivity contribution in [1.29, 1.82) is 5.26 Å². The molecule has 20 heavy (non-hydrogen) atoms. The van der Waals surface area contributed by atoms with Crippen LogP contribution in [0.15, 0.2) is 12.3 Å². The summed E-state index contributed by atoms with van der Waals surface area (Å²) in [5.41, 5.74) is -0.623. The maximum absolute atomic E-state index is 11.1. The molecule has 0 aromatic carbocycles. The second-order valence-corrected chi connectivity index (χ2v) is 4.20. The van der Waals surface area contributed by atoms with Gasteiger partial charge in [0.2, 0.25) is 5.82 Å². The molecule has 0 bridgehead atoms. The van der Waals surface area contributed by atoms with E-state index in [1.165, 1.54) is 0 Å². The molecule has 0 radical (unpaired) electrons. The normalized spacial score (nSPS) is 11.4. The van der Waals surface area contributed by atoms with E-state index in [-0.39, 0.29) is 29.5 Å². The number of rotatable bonds is 6. The Morgan fingerprint density at radius 1 is 1.70 bits per heavy atom. The number of aromatic carboxylic acids is 1. The SMILES string of the molecule is CCN(CC(C)C#N)c1ncc(C(=O)O)cc1[N+](=O)[O-]. The zero-order valence-electron chi connectivity index (χ0n) is 11.1. The van der Waals surface area contributed by atoms with Crippen LogP contribution in [0.1, 0.15) is 24.2 Å². The van der Waals surface area contributed by atoms with Gasteiger partial charge in [-0.15, -0.1) is 0 Å². The van der Waals surface area contributed by atoms with E-state index in [1.807, 2.05) is 6.07 Å². The lowest BCUT2D eigenvalue weighted by atomic mass is 10.2. The average molecular weight is 278 g/mol. The highest BCUT2D eigenvalue weighted by molar-refractivity contribution is 5.88. The highest BCUT2D eigenvalue weighted by Crippen LogP contribution is 2.27. The molecular weight excluding hydrogens is 264 g/mol. The van der Waals surface area contributed by atoms with Gasteiger partial charge in [-0.2, -0.15) is 5.26 Å². The molecule has 0 fully saturated rings. The number of carbonyl (C=O) groups is 1. The lowest BCUT2D eigenvalue weighted by Gasteiger charge is -2.22. The predicted molar refractivity (Wildman–Crippen MR) is 70.5 cm³/mol. The Morgan fingerprint density at radius 2 is 2.35 bits per heavy atom. The molecule has 1 aromatic rings. The molecule has 0 amide bonds. The summed E-state index contributed by atoms with van der Waals surface area (Å²) in [6.07, 6.45) is 1.07. The molecule has 1 N–H and O–H groups in total. The van der Waals surface area contributed by atoms with Gasteiger partial charge < -0.3 is 10.0 Å². The number of nitriles is 1. The number of nitrogens with zero attached hydrogens (tertiary/aromatic N) is 4. The Hall–Kier alpha value is -2.69. The second kappa shape index (κ2) is 6.47. The Labute approximate surface area is 115 Å². The van der Waals surface area contributed by atoms with Gasteiger partial charge in [-0.3, -0.25) is 10.1 Å². The van der Waals surface area contributed by atoms with Gasteiger partial charge in [0.25, 0.3) is 0 Å². The number of hydrogen-bond acceptors (Lipinski definition) is 6. The Morgan fingerprint density at radius 3 is 2.80 bits per heavy atom. The third-order valence-corrected chi connectivity index (χ3v) is 2.69. The fourth-order valence-corrected chi connectivity index (χ4v) is 1.68. The van der Waals surface area contributed by atoms with Crippen molar-refractivity contribution >= 4 is 17.5 Å². The summed E-state index contributed by atoms with van der Waals surface area (Å²) in [5.74, 6) is -1.53. The number of carboxylic acid groups (broad SMARTS) is 1. The molecule has 1 aromatic heterocycles. The van der Waals surface area contributed by atoms with Gasteiger partial charge in [-0.05, 0) is 13.8 Å². The van der Waals surface area contributed by atoms with Crippen molar-refractivity contribution in [3.8, 4) is 6.07 Å². The molecule has 1 atom stereocenters. The van der Waals surface area contributed by atoms with Crippen LogP contribution in [-0.4, -0.2) is 34.1 Å². The van der Waals surface area contributed by atoms with E-state index in [1.54, 1.807) is 18.7 Å². The number of anilines is 1. The number of hydrogen-bond donors (Lipinski definition) is 1. The standard InChI is InChI=1S/C12H14N4O4/c1-3-15(7-8(2)5-13)11-10(16(19)20)4-9(6-14-11)12(17)18/h4,6,8H,3,7H2,1-2H3,(H,17,18). The summed E-state index contributed by atoms with van der Waals surface area (Å²) in [6, 6.07) is 3.02. The number of nitro groups is 1. The summed E-state index contributed by atoms with van der Waals surface area (Å²) >= 11 is 0. The van der Waals surface area contributed by atoms with Crippen LogP contribution in [0.3, 0.4) is 0 Å². The van der Waals surface area contributed by atoms with E-state index in [2.05, 4.69) is 4.98 Å². The molecule has 0 saturated heterocycles. The smallest absolute Gasteiger partial charge is 0.337 e. The molecule has 106 valence electrons. The van der Waals surface area contributed by atoms with Crippen molar-refractivity contribution < 1.29 is 14.8 Å². The molecule has 0 aliphatic carbocycles. The van der Waals surface area contributed by atoms with Crippen molar-refractivity contribution in [3.05, 3.63) is 27.9 Å². The van der Waals surface area contributed by atoms with E-state index in [0.717, 1.165) is 12.3 Å². The van der Waals surface area contributed by atoms with Gasteiger partial charge in [0.1, 0.15) is 0 Å². The van der Waals surface area contributed by atoms with E-state index in [0.29, 0.717) is 6.54 Å². The van der Waals surface area contributed by atoms with Crippen LogP contribution < -0.4 is 4.90 Å². The van der Waals surface area contributed by atoms with Crippen molar-refractivity contribution in [2.75, 3.05) is 18.0 Å². The highest BCUT2D eigenvalue weighted by Gasteiger charge is 2.23. The quantitative estimate of drug-likeness (QED) is 0.620. The van der Waals surface area contributed by atoms with Crippen molar-refractivity contribution in [1.82, 2.24) is 4.98 Å². The van der Waals surface area contributed by atoms with Gasteiger partial charge in [-0.1, -0.05) is 0 Å². The molecule has 1 rings (SSSR count). The summed E-state index contributed by atoms with van der Waals surface area (Å²) < 4.78 is 0. The molecule has 0 saturated carbocycles. The van der Waals surface area contributed by atoms with Crippen molar-refractivity contribution in [2.24, 2.45) is 5.92 Å². The molecule has 1 unspecified atom stereocenters. The van der Waals surface area contributed by atoms with Gasteiger partial charge in [-0.25, -0.2) is 9.78 Å². The lowest BCUT2D eigenvalue weighted by molar-refractivity contribution is -0.384. The fraction of sp³-hybridized carbons (Fsp3) is 0.417. The lowest BCUT2D eigenvalue weighted by Crippen LogP contribution is -2.29. The first-order chi connectivity index (χ1) is 9.40. The summed E-state index contributed by atoms with van der Waals surface area (Å²) in [5, 5.41) is 28.7. The molecule has 0 spiro atoms. The Kier molecular flexibility index (Phi) is 4.97. The van der Waals surface area contributed by atoms with Gasteiger partial charge in [0.15, 0.2) is 0 Å². The van der Waals surface area contributed by atoms with Crippen LogP contribution in [0, 0.1) is 27.4 Å². The minimum Gasteiger partial charge on any atom is -0.478 e. The maximum atomic E-state index is 11.1. The maximum Gasteiger partial charge on any atom is 0.337 e. The fourth-order valence-electron chi connectivity index (χ4n) is 1.68. The van der Waals surface area contributed by atoms with Crippen LogP contribution in [0.25, 0.3) is 0 Å². The summed E-state index contributed by atoms with van der Waals surface area (Å²) in [4.78, 5) is 26.7. The topological polar surface area (TPSA) is 120 Å². The summed E-state index contributed by atoms with van der Waals surface area (Å²) in [6.45, 7) is 4.18. The third kappa shape index (κ3) is 3.41. The largest absolute Gasteiger partial charge is 0.478 e. The zero-order chi connectivity index (χ0) is 15.3. The molecule has 0 aliphatic heterocycles. The van der Waals surface area contributed by atoms with E-state index >= 15 is 0 Å². The van der Waals surface area contributed by atoms with Crippen LogP contribution in [0.2, 0.25) is 0 Å². The minimum atomic E-state index is -1.28. The Balaban J connectivity index is 3.25. The third-order valence-electron chi connectivity index (χ3n) is 2.69. The van der Waals surface area contributed by atoms with Crippen LogP contribution >= 0.6 is 0 Å². The first kappa shape index (κ1) is 15.4. The van der Waals surface area contributed by atoms with E-state index in [9.17, 15) is 14.9 Å². The van der Waals surface area contributed by atoms with Crippen LogP contribution in [0.4, 0.5) is 11.5 Å². The van der Waals surface area contributed by atoms with Gasteiger partial charge in [0.05, 0.1) is 22.5 Å². The van der Waals surface area contributed by atoms with E-state index in [4.69, 9.17) is 10.4 Å². The molecular formula is C12H14N4O4. The van der Waals surface area contributed by atoms with Crippen molar-refractivity contribution in [2.45, 2.75) is 13.8 Å². The summed E-state index contributed by atoms with van der Waals surface area (Å²) in [7, 11) is 0.